The Morgan fingerprint density at radius 2 is 1.53 bits per heavy atom. The van der Waals surface area contributed by atoms with Crippen LogP contribution >= 0.6 is 0 Å². The van der Waals surface area contributed by atoms with Crippen molar-refractivity contribution in [1.29, 1.82) is 0 Å². The van der Waals surface area contributed by atoms with Gasteiger partial charge in [-0.1, -0.05) is 31.1 Å². The van der Waals surface area contributed by atoms with Crippen molar-refractivity contribution in [2.75, 3.05) is 6.67 Å². The fourth-order valence-electron chi connectivity index (χ4n) is 5.42. The first-order valence-corrected chi connectivity index (χ1v) is 11.4. The molecule has 2 aliphatic rings. The minimum atomic E-state index is -4.63. The Balaban J connectivity index is 1.39. The zero-order valence-electron chi connectivity index (χ0n) is 17.6. The SMILES string of the molecule is FCCC=CC1CCC(C2CCC(CCc3ccc(C(F)(F)F)c(F)c3)CC2)CC1. The van der Waals surface area contributed by atoms with Gasteiger partial charge in [0.05, 0.1) is 12.2 Å². The van der Waals surface area contributed by atoms with Crippen LogP contribution in [0.1, 0.15) is 75.3 Å². The van der Waals surface area contributed by atoms with Crippen molar-refractivity contribution in [2.24, 2.45) is 23.7 Å². The zero-order valence-corrected chi connectivity index (χ0v) is 17.6. The number of rotatable bonds is 7. The summed E-state index contributed by atoms with van der Waals surface area (Å²) in [6.45, 7) is -0.275. The van der Waals surface area contributed by atoms with Crippen LogP contribution in [0.2, 0.25) is 0 Å². The van der Waals surface area contributed by atoms with Crippen molar-refractivity contribution in [3.8, 4) is 0 Å². The van der Waals surface area contributed by atoms with Gasteiger partial charge < -0.3 is 0 Å². The normalized spacial score (nSPS) is 28.2. The number of alkyl halides is 4. The molecule has 0 aromatic heterocycles. The van der Waals surface area contributed by atoms with E-state index in [1.165, 1.54) is 57.4 Å². The number of allylic oxidation sites excluding steroid dienone is 2. The van der Waals surface area contributed by atoms with Crippen LogP contribution in [0.25, 0.3) is 0 Å². The molecule has 0 saturated heterocycles. The van der Waals surface area contributed by atoms with Gasteiger partial charge in [0.15, 0.2) is 0 Å². The lowest BCUT2D eigenvalue weighted by molar-refractivity contribution is -0.140. The second kappa shape index (κ2) is 10.8. The second-order valence-electron chi connectivity index (χ2n) is 9.21. The van der Waals surface area contributed by atoms with E-state index in [1.54, 1.807) is 0 Å². The van der Waals surface area contributed by atoms with Gasteiger partial charge in [0.1, 0.15) is 5.82 Å². The predicted molar refractivity (Wildman–Crippen MR) is 110 cm³/mol. The van der Waals surface area contributed by atoms with E-state index in [-0.39, 0.29) is 6.67 Å². The van der Waals surface area contributed by atoms with Crippen molar-refractivity contribution in [3.05, 3.63) is 47.3 Å². The first-order chi connectivity index (χ1) is 14.4. The number of hydrogen-bond acceptors (Lipinski definition) is 0. The molecule has 0 bridgehead atoms. The summed E-state index contributed by atoms with van der Waals surface area (Å²) in [5.74, 6) is 1.64. The molecule has 0 heterocycles. The third kappa shape index (κ3) is 6.55. The van der Waals surface area contributed by atoms with Crippen LogP contribution < -0.4 is 0 Å². The predicted octanol–water partition coefficient (Wildman–Crippen LogP) is 8.31. The summed E-state index contributed by atoms with van der Waals surface area (Å²) in [7, 11) is 0. The van der Waals surface area contributed by atoms with Crippen molar-refractivity contribution >= 4 is 0 Å². The highest BCUT2D eigenvalue weighted by Crippen LogP contribution is 2.42. The molecule has 30 heavy (non-hydrogen) atoms. The summed E-state index contributed by atoms with van der Waals surface area (Å²) in [6.07, 6.45) is 11.4. The summed E-state index contributed by atoms with van der Waals surface area (Å²) < 4.78 is 64.0. The Morgan fingerprint density at radius 3 is 2.10 bits per heavy atom. The molecule has 2 aliphatic carbocycles. The van der Waals surface area contributed by atoms with Crippen LogP contribution in [0.5, 0.6) is 0 Å². The molecule has 2 saturated carbocycles. The van der Waals surface area contributed by atoms with E-state index in [9.17, 15) is 22.0 Å². The maximum Gasteiger partial charge on any atom is 0.419 e. The molecule has 5 heteroatoms. The van der Waals surface area contributed by atoms with E-state index >= 15 is 0 Å². The fraction of sp³-hybridized carbons (Fsp3) is 0.680. The Hall–Kier alpha value is -1.39. The van der Waals surface area contributed by atoms with Gasteiger partial charge in [0.25, 0.3) is 0 Å². The molecular weight excluding hydrogens is 395 g/mol. The largest absolute Gasteiger partial charge is 0.419 e. The molecule has 2 fully saturated rings. The Labute approximate surface area is 176 Å². The number of aryl methyl sites for hydroxylation is 1. The summed E-state index contributed by atoms with van der Waals surface area (Å²) in [4.78, 5) is 0. The third-order valence-electron chi connectivity index (χ3n) is 7.24. The van der Waals surface area contributed by atoms with Crippen LogP contribution in [0.4, 0.5) is 22.0 Å². The van der Waals surface area contributed by atoms with Gasteiger partial charge in [-0.05, 0) is 99.2 Å². The van der Waals surface area contributed by atoms with E-state index in [0.717, 1.165) is 30.4 Å². The maximum absolute atomic E-state index is 13.7. The summed E-state index contributed by atoms with van der Waals surface area (Å²) >= 11 is 0. The standard InChI is InChI=1S/C25H33F5/c26-16-2-1-3-18-6-11-21(12-7-18)22-13-8-19(9-14-22)4-5-20-10-15-23(24(27)17-20)25(28,29)30/h1,3,10,15,17-19,21-22H,2,4-9,11-14,16H2. The molecule has 1 aromatic rings. The van der Waals surface area contributed by atoms with E-state index in [4.69, 9.17) is 0 Å². The van der Waals surface area contributed by atoms with E-state index in [2.05, 4.69) is 6.08 Å². The van der Waals surface area contributed by atoms with Gasteiger partial charge in [-0.3, -0.25) is 4.39 Å². The average Bonchev–Trinajstić information content (AvgIpc) is 2.72. The Morgan fingerprint density at radius 1 is 0.900 bits per heavy atom. The number of hydrogen-bond donors (Lipinski definition) is 0. The lowest BCUT2D eigenvalue weighted by Gasteiger charge is -2.37. The molecule has 0 unspecified atom stereocenters. The lowest BCUT2D eigenvalue weighted by atomic mass is 9.68. The zero-order chi connectivity index (χ0) is 21.6. The molecule has 0 radical (unpaired) electrons. The molecule has 1 aromatic carbocycles. The van der Waals surface area contributed by atoms with Crippen LogP contribution in [0, 0.1) is 29.5 Å². The summed E-state index contributed by atoms with van der Waals surface area (Å²) in [5.41, 5.74) is -0.527. The quantitative estimate of drug-likeness (QED) is 0.303. The molecule has 168 valence electrons. The van der Waals surface area contributed by atoms with E-state index in [1.807, 2.05) is 6.08 Å². The van der Waals surface area contributed by atoms with Gasteiger partial charge in [0, 0.05) is 0 Å². The van der Waals surface area contributed by atoms with Gasteiger partial charge in [-0.2, -0.15) is 13.2 Å². The van der Waals surface area contributed by atoms with Crippen LogP contribution in [0.3, 0.4) is 0 Å². The molecule has 0 amide bonds. The highest BCUT2D eigenvalue weighted by molar-refractivity contribution is 5.26. The minimum absolute atomic E-state index is 0.275. The smallest absolute Gasteiger partial charge is 0.251 e. The van der Waals surface area contributed by atoms with Gasteiger partial charge in [0.2, 0.25) is 0 Å². The second-order valence-corrected chi connectivity index (χ2v) is 9.21. The van der Waals surface area contributed by atoms with Gasteiger partial charge in [-0.25, -0.2) is 4.39 Å². The van der Waals surface area contributed by atoms with Crippen LogP contribution in [0.15, 0.2) is 30.4 Å². The highest BCUT2D eigenvalue weighted by atomic mass is 19.4. The molecule has 0 nitrogen and oxygen atoms in total. The lowest BCUT2D eigenvalue weighted by Crippen LogP contribution is -2.25. The molecule has 3 rings (SSSR count). The average molecular weight is 429 g/mol. The molecule has 0 N–H and O–H groups in total. The fourth-order valence-corrected chi connectivity index (χ4v) is 5.42. The first kappa shape index (κ1) is 23.3. The third-order valence-corrected chi connectivity index (χ3v) is 7.24. The van der Waals surface area contributed by atoms with Gasteiger partial charge >= 0.3 is 6.18 Å². The van der Waals surface area contributed by atoms with Crippen molar-refractivity contribution in [3.63, 3.8) is 0 Å². The van der Waals surface area contributed by atoms with E-state index in [0.29, 0.717) is 30.2 Å². The summed E-state index contributed by atoms with van der Waals surface area (Å²) in [6, 6.07) is 3.33. The van der Waals surface area contributed by atoms with Crippen molar-refractivity contribution < 1.29 is 22.0 Å². The Kier molecular flexibility index (Phi) is 8.35. The number of benzene rings is 1. The maximum atomic E-state index is 13.7. The Bertz CT molecular complexity index is 677. The number of halogens is 5. The van der Waals surface area contributed by atoms with Crippen molar-refractivity contribution in [1.82, 2.24) is 0 Å². The molecule has 0 spiro atoms. The monoisotopic (exact) mass is 428 g/mol. The first-order valence-electron chi connectivity index (χ1n) is 11.4. The van der Waals surface area contributed by atoms with Crippen LogP contribution in [-0.4, -0.2) is 6.67 Å². The molecular formula is C25H33F5. The summed E-state index contributed by atoms with van der Waals surface area (Å²) in [5, 5.41) is 0. The topological polar surface area (TPSA) is 0 Å². The molecule has 0 atom stereocenters. The van der Waals surface area contributed by atoms with Crippen LogP contribution in [-0.2, 0) is 12.6 Å². The minimum Gasteiger partial charge on any atom is -0.251 e. The van der Waals surface area contributed by atoms with Crippen molar-refractivity contribution in [2.45, 2.75) is 76.8 Å². The molecule has 0 aliphatic heterocycles. The van der Waals surface area contributed by atoms with E-state index < -0.39 is 17.6 Å². The van der Waals surface area contributed by atoms with Gasteiger partial charge in [-0.15, -0.1) is 0 Å². The highest BCUT2D eigenvalue weighted by Gasteiger charge is 2.34.